The lowest BCUT2D eigenvalue weighted by molar-refractivity contribution is 0.226. The van der Waals surface area contributed by atoms with E-state index in [0.717, 1.165) is 10.2 Å². The van der Waals surface area contributed by atoms with Gasteiger partial charge in [-0.1, -0.05) is 0 Å². The molecule has 4 nitrogen and oxygen atoms in total. The number of halogens is 1. The van der Waals surface area contributed by atoms with E-state index in [4.69, 9.17) is 10.2 Å². The highest BCUT2D eigenvalue weighted by atomic mass is 79.9. The molecule has 5 heteroatoms. The molecule has 0 spiro atoms. The van der Waals surface area contributed by atoms with Crippen molar-refractivity contribution in [2.75, 3.05) is 20.6 Å². The van der Waals surface area contributed by atoms with Gasteiger partial charge in [0.1, 0.15) is 5.76 Å². The Labute approximate surface area is 86.2 Å². The molecule has 74 valence electrons. The van der Waals surface area contributed by atoms with Crippen LogP contribution >= 0.6 is 15.9 Å². The summed E-state index contributed by atoms with van der Waals surface area (Å²) in [6, 6.07) is 1.87. The molecule has 0 amide bonds. The second kappa shape index (κ2) is 4.76. The number of nitrogens with one attached hydrogen (secondary N) is 1. The van der Waals surface area contributed by atoms with Crippen LogP contribution in [0, 0.1) is 0 Å². The predicted octanol–water partition coefficient (Wildman–Crippen LogP) is 1.11. The van der Waals surface area contributed by atoms with Crippen molar-refractivity contribution in [2.24, 2.45) is 5.73 Å². The number of nitrogens with zero attached hydrogens (tertiary/aromatic N) is 1. The molecule has 13 heavy (non-hydrogen) atoms. The zero-order chi connectivity index (χ0) is 9.84. The average Bonchev–Trinajstić information content (AvgIpc) is 2.47. The van der Waals surface area contributed by atoms with Crippen LogP contribution in [0.2, 0.25) is 0 Å². The molecule has 0 bridgehead atoms. The number of furan rings is 1. The normalized spacial score (nSPS) is 13.6. The summed E-state index contributed by atoms with van der Waals surface area (Å²) in [5.41, 5.74) is 8.77. The average molecular weight is 248 g/mol. The lowest BCUT2D eigenvalue weighted by atomic mass is 10.2. The van der Waals surface area contributed by atoms with E-state index in [1.54, 1.807) is 6.26 Å². The Bertz CT molecular complexity index is 262. The van der Waals surface area contributed by atoms with E-state index in [9.17, 15) is 0 Å². The summed E-state index contributed by atoms with van der Waals surface area (Å²) in [5.74, 6) is 0.830. The van der Waals surface area contributed by atoms with Crippen LogP contribution in [0.5, 0.6) is 0 Å². The summed E-state index contributed by atoms with van der Waals surface area (Å²) >= 11 is 3.39. The van der Waals surface area contributed by atoms with Gasteiger partial charge in [0.2, 0.25) is 0 Å². The Morgan fingerprint density at radius 2 is 2.38 bits per heavy atom. The SMILES string of the molecule is CN(C)NC(CN)c1occc1Br. The summed E-state index contributed by atoms with van der Waals surface area (Å²) in [6.45, 7) is 0.490. The van der Waals surface area contributed by atoms with Crippen molar-refractivity contribution in [3.8, 4) is 0 Å². The summed E-state index contributed by atoms with van der Waals surface area (Å²) in [7, 11) is 3.83. The van der Waals surface area contributed by atoms with Crippen LogP contribution < -0.4 is 11.2 Å². The van der Waals surface area contributed by atoms with E-state index >= 15 is 0 Å². The fourth-order valence-electron chi connectivity index (χ4n) is 1.08. The van der Waals surface area contributed by atoms with Crippen LogP contribution in [0.15, 0.2) is 21.2 Å². The fourth-order valence-corrected chi connectivity index (χ4v) is 1.56. The van der Waals surface area contributed by atoms with Gasteiger partial charge < -0.3 is 10.2 Å². The number of hydrogen-bond donors (Lipinski definition) is 2. The molecule has 1 aromatic heterocycles. The van der Waals surface area contributed by atoms with Crippen LogP contribution in [0.1, 0.15) is 11.8 Å². The molecule has 0 fully saturated rings. The van der Waals surface area contributed by atoms with Crippen LogP contribution in [-0.2, 0) is 0 Å². The Kier molecular flexibility index (Phi) is 3.92. The monoisotopic (exact) mass is 247 g/mol. The van der Waals surface area contributed by atoms with E-state index < -0.39 is 0 Å². The van der Waals surface area contributed by atoms with E-state index in [-0.39, 0.29) is 6.04 Å². The fraction of sp³-hybridized carbons (Fsp3) is 0.500. The molecule has 0 radical (unpaired) electrons. The van der Waals surface area contributed by atoms with Gasteiger partial charge in [-0.25, -0.2) is 10.4 Å². The number of nitrogens with two attached hydrogens (primary N) is 1. The van der Waals surface area contributed by atoms with Crippen molar-refractivity contribution in [1.29, 1.82) is 0 Å². The van der Waals surface area contributed by atoms with Crippen molar-refractivity contribution in [2.45, 2.75) is 6.04 Å². The first kappa shape index (κ1) is 10.7. The minimum atomic E-state index is 0.0133. The van der Waals surface area contributed by atoms with Crippen molar-refractivity contribution < 1.29 is 4.42 Å². The zero-order valence-corrected chi connectivity index (χ0v) is 9.34. The molecule has 0 aliphatic rings. The Balaban J connectivity index is 2.72. The molecule has 1 aromatic rings. The summed E-state index contributed by atoms with van der Waals surface area (Å²) < 4.78 is 6.24. The van der Waals surface area contributed by atoms with Crippen molar-refractivity contribution >= 4 is 15.9 Å². The Morgan fingerprint density at radius 1 is 1.69 bits per heavy atom. The molecule has 0 saturated heterocycles. The maximum absolute atomic E-state index is 5.61. The van der Waals surface area contributed by atoms with Crippen molar-refractivity contribution in [3.63, 3.8) is 0 Å². The molecule has 0 saturated carbocycles. The lowest BCUT2D eigenvalue weighted by Gasteiger charge is -2.20. The molecular weight excluding hydrogens is 234 g/mol. The molecule has 1 heterocycles. The third-order valence-electron chi connectivity index (χ3n) is 1.61. The van der Waals surface area contributed by atoms with Gasteiger partial charge in [0, 0.05) is 20.6 Å². The van der Waals surface area contributed by atoms with Crippen LogP contribution in [0.25, 0.3) is 0 Å². The molecule has 0 aliphatic carbocycles. The maximum Gasteiger partial charge on any atom is 0.137 e. The Morgan fingerprint density at radius 3 is 2.77 bits per heavy atom. The standard InChI is InChI=1S/C8H14BrN3O/c1-12(2)11-7(5-10)8-6(9)3-4-13-8/h3-4,7,11H,5,10H2,1-2H3. The largest absolute Gasteiger partial charge is 0.466 e. The smallest absolute Gasteiger partial charge is 0.137 e. The molecule has 1 atom stereocenters. The highest BCUT2D eigenvalue weighted by Gasteiger charge is 2.16. The molecule has 0 aromatic carbocycles. The van der Waals surface area contributed by atoms with Gasteiger partial charge in [-0.2, -0.15) is 0 Å². The second-order valence-corrected chi connectivity index (χ2v) is 3.80. The minimum absolute atomic E-state index is 0.0133. The third-order valence-corrected chi connectivity index (χ3v) is 2.27. The number of hydrazine groups is 1. The van der Waals surface area contributed by atoms with E-state index in [2.05, 4.69) is 21.4 Å². The Hall–Kier alpha value is -0.360. The first-order valence-corrected chi connectivity index (χ1v) is 4.81. The van der Waals surface area contributed by atoms with Crippen molar-refractivity contribution in [3.05, 3.63) is 22.6 Å². The second-order valence-electron chi connectivity index (χ2n) is 2.94. The first-order valence-electron chi connectivity index (χ1n) is 4.01. The predicted molar refractivity (Wildman–Crippen MR) is 55.0 cm³/mol. The zero-order valence-electron chi connectivity index (χ0n) is 7.75. The summed E-state index contributed by atoms with van der Waals surface area (Å²) in [4.78, 5) is 0. The maximum atomic E-state index is 5.61. The number of rotatable bonds is 4. The summed E-state index contributed by atoms with van der Waals surface area (Å²) in [5, 5.41) is 1.85. The lowest BCUT2D eigenvalue weighted by Crippen LogP contribution is -2.37. The van der Waals surface area contributed by atoms with Gasteiger partial charge in [0.15, 0.2) is 0 Å². The molecular formula is C8H14BrN3O. The van der Waals surface area contributed by atoms with E-state index in [1.165, 1.54) is 0 Å². The highest BCUT2D eigenvalue weighted by Crippen LogP contribution is 2.23. The molecule has 3 N–H and O–H groups in total. The molecule has 0 aliphatic heterocycles. The molecule has 1 unspecified atom stereocenters. The van der Waals surface area contributed by atoms with Crippen LogP contribution in [-0.4, -0.2) is 25.6 Å². The van der Waals surface area contributed by atoms with Gasteiger partial charge in [-0.15, -0.1) is 0 Å². The van der Waals surface area contributed by atoms with E-state index in [1.807, 2.05) is 25.2 Å². The van der Waals surface area contributed by atoms with Crippen LogP contribution in [0.4, 0.5) is 0 Å². The quantitative estimate of drug-likeness (QED) is 0.784. The van der Waals surface area contributed by atoms with Gasteiger partial charge in [0.25, 0.3) is 0 Å². The van der Waals surface area contributed by atoms with Gasteiger partial charge in [0.05, 0.1) is 16.8 Å². The number of hydrogen-bond acceptors (Lipinski definition) is 4. The summed E-state index contributed by atoms with van der Waals surface area (Å²) in [6.07, 6.45) is 1.64. The van der Waals surface area contributed by atoms with Crippen molar-refractivity contribution in [1.82, 2.24) is 10.4 Å². The van der Waals surface area contributed by atoms with Crippen LogP contribution in [0.3, 0.4) is 0 Å². The topological polar surface area (TPSA) is 54.4 Å². The minimum Gasteiger partial charge on any atom is -0.466 e. The van der Waals surface area contributed by atoms with Gasteiger partial charge in [-0.3, -0.25) is 0 Å². The molecule has 1 rings (SSSR count). The van der Waals surface area contributed by atoms with Gasteiger partial charge >= 0.3 is 0 Å². The van der Waals surface area contributed by atoms with Gasteiger partial charge in [-0.05, 0) is 22.0 Å². The third kappa shape index (κ3) is 2.80. The highest BCUT2D eigenvalue weighted by molar-refractivity contribution is 9.10. The van der Waals surface area contributed by atoms with E-state index in [0.29, 0.717) is 6.54 Å². The first-order chi connectivity index (χ1) is 6.15.